The summed E-state index contributed by atoms with van der Waals surface area (Å²) in [6, 6.07) is 4.56. The minimum atomic E-state index is -0.557. The summed E-state index contributed by atoms with van der Waals surface area (Å²) in [6.45, 7) is 5.53. The number of aromatic nitrogens is 1. The standard InChI is InChI=1S/C14H16FNO3/c1-14(2,3)19-12-7-9-5-6-16(13(17)18-4)11(9)8-10(12)15/h5-8H,1-4H3. The van der Waals surface area contributed by atoms with Gasteiger partial charge in [-0.15, -0.1) is 0 Å². The Morgan fingerprint density at radius 3 is 2.58 bits per heavy atom. The fourth-order valence-corrected chi connectivity index (χ4v) is 1.80. The first kappa shape index (κ1) is 13.4. The highest BCUT2D eigenvalue weighted by Crippen LogP contribution is 2.28. The molecule has 102 valence electrons. The van der Waals surface area contributed by atoms with Crippen LogP contribution in [0.1, 0.15) is 20.8 Å². The first-order valence-electron chi connectivity index (χ1n) is 5.90. The molecule has 2 rings (SSSR count). The van der Waals surface area contributed by atoms with Crippen LogP contribution in [0, 0.1) is 5.82 Å². The van der Waals surface area contributed by atoms with Gasteiger partial charge in [-0.3, -0.25) is 4.57 Å². The van der Waals surface area contributed by atoms with Gasteiger partial charge in [-0.2, -0.15) is 0 Å². The van der Waals surface area contributed by atoms with Crippen LogP contribution in [0.3, 0.4) is 0 Å². The maximum absolute atomic E-state index is 14.0. The molecule has 0 bridgehead atoms. The molecule has 0 fully saturated rings. The van der Waals surface area contributed by atoms with Crippen LogP contribution in [0.15, 0.2) is 24.4 Å². The van der Waals surface area contributed by atoms with E-state index < -0.39 is 17.5 Å². The number of ether oxygens (including phenoxy) is 2. The SMILES string of the molecule is COC(=O)n1ccc2cc(OC(C)(C)C)c(F)cc21. The monoisotopic (exact) mass is 265 g/mol. The summed E-state index contributed by atoms with van der Waals surface area (Å²) in [5.41, 5.74) is -0.0370. The van der Waals surface area contributed by atoms with Crippen LogP contribution < -0.4 is 4.74 Å². The first-order valence-corrected chi connectivity index (χ1v) is 5.90. The van der Waals surface area contributed by atoms with Crippen LogP contribution in [0.4, 0.5) is 9.18 Å². The highest BCUT2D eigenvalue weighted by atomic mass is 19.1. The molecule has 5 heteroatoms. The molecule has 1 aromatic heterocycles. The van der Waals surface area contributed by atoms with E-state index in [1.807, 2.05) is 20.8 Å². The van der Waals surface area contributed by atoms with E-state index in [4.69, 9.17) is 4.74 Å². The van der Waals surface area contributed by atoms with Crippen molar-refractivity contribution in [2.45, 2.75) is 26.4 Å². The molecular weight excluding hydrogens is 249 g/mol. The van der Waals surface area contributed by atoms with Crippen LogP contribution in [0.25, 0.3) is 10.9 Å². The third kappa shape index (κ3) is 2.70. The lowest BCUT2D eigenvalue weighted by Gasteiger charge is -2.21. The summed E-state index contributed by atoms with van der Waals surface area (Å²) in [5.74, 6) is -0.339. The van der Waals surface area contributed by atoms with Crippen molar-refractivity contribution < 1.29 is 18.7 Å². The average molecular weight is 265 g/mol. The van der Waals surface area contributed by atoms with Gasteiger partial charge in [0.25, 0.3) is 0 Å². The van der Waals surface area contributed by atoms with Crippen LogP contribution in [-0.4, -0.2) is 23.4 Å². The number of hydrogen-bond acceptors (Lipinski definition) is 3. The van der Waals surface area contributed by atoms with Gasteiger partial charge in [0, 0.05) is 17.6 Å². The van der Waals surface area contributed by atoms with Crippen LogP contribution in [0.5, 0.6) is 5.75 Å². The lowest BCUT2D eigenvalue weighted by Crippen LogP contribution is -2.23. The van der Waals surface area contributed by atoms with Crippen molar-refractivity contribution in [2.75, 3.05) is 7.11 Å². The predicted molar refractivity (Wildman–Crippen MR) is 70.1 cm³/mol. The Morgan fingerprint density at radius 2 is 2.00 bits per heavy atom. The molecule has 2 aromatic rings. The summed E-state index contributed by atoms with van der Waals surface area (Å²) >= 11 is 0. The van der Waals surface area contributed by atoms with E-state index in [2.05, 4.69) is 4.74 Å². The number of benzene rings is 1. The lowest BCUT2D eigenvalue weighted by molar-refractivity contribution is 0.124. The molecule has 0 aliphatic carbocycles. The molecule has 0 amide bonds. The number of rotatable bonds is 1. The van der Waals surface area contributed by atoms with E-state index in [0.717, 1.165) is 0 Å². The molecule has 0 spiro atoms. The third-order valence-corrected chi connectivity index (χ3v) is 2.53. The van der Waals surface area contributed by atoms with Crippen molar-refractivity contribution in [1.29, 1.82) is 0 Å². The molecule has 0 atom stereocenters. The fourth-order valence-electron chi connectivity index (χ4n) is 1.80. The second-order valence-corrected chi connectivity index (χ2v) is 5.21. The van der Waals surface area contributed by atoms with E-state index >= 15 is 0 Å². The highest BCUT2D eigenvalue weighted by Gasteiger charge is 2.17. The van der Waals surface area contributed by atoms with Gasteiger partial charge in [-0.1, -0.05) is 0 Å². The number of halogens is 1. The van der Waals surface area contributed by atoms with E-state index in [1.54, 1.807) is 12.1 Å². The zero-order valence-corrected chi connectivity index (χ0v) is 11.4. The Morgan fingerprint density at radius 1 is 1.32 bits per heavy atom. The first-order chi connectivity index (χ1) is 8.81. The van der Waals surface area contributed by atoms with Crippen molar-refractivity contribution in [1.82, 2.24) is 4.57 Å². The predicted octanol–water partition coefficient (Wildman–Crippen LogP) is 3.57. The molecule has 0 radical (unpaired) electrons. The largest absolute Gasteiger partial charge is 0.485 e. The Labute approximate surface area is 110 Å². The summed E-state index contributed by atoms with van der Waals surface area (Å²) < 4.78 is 25.4. The smallest absolute Gasteiger partial charge is 0.418 e. The Balaban J connectivity index is 2.51. The molecule has 1 aromatic carbocycles. The number of carbonyl (C=O) groups is 1. The van der Waals surface area contributed by atoms with E-state index in [-0.39, 0.29) is 5.75 Å². The van der Waals surface area contributed by atoms with E-state index in [9.17, 15) is 9.18 Å². The topological polar surface area (TPSA) is 40.5 Å². The highest BCUT2D eigenvalue weighted by molar-refractivity contribution is 5.90. The van der Waals surface area contributed by atoms with Crippen LogP contribution in [-0.2, 0) is 4.74 Å². The lowest BCUT2D eigenvalue weighted by atomic mass is 10.2. The van der Waals surface area contributed by atoms with Gasteiger partial charge in [0.2, 0.25) is 0 Å². The van der Waals surface area contributed by atoms with Gasteiger partial charge >= 0.3 is 6.09 Å². The molecule has 0 saturated heterocycles. The molecule has 0 aliphatic heterocycles. The van der Waals surface area contributed by atoms with Crippen LogP contribution >= 0.6 is 0 Å². The van der Waals surface area contributed by atoms with Crippen molar-refractivity contribution >= 4 is 17.0 Å². The maximum Gasteiger partial charge on any atom is 0.418 e. The minimum Gasteiger partial charge on any atom is -0.485 e. The molecule has 0 N–H and O–H groups in total. The van der Waals surface area contributed by atoms with Gasteiger partial charge in [-0.25, -0.2) is 9.18 Å². The molecule has 19 heavy (non-hydrogen) atoms. The minimum absolute atomic E-state index is 0.169. The summed E-state index contributed by atoms with van der Waals surface area (Å²) in [7, 11) is 1.28. The molecule has 0 aliphatic rings. The van der Waals surface area contributed by atoms with Gasteiger partial charge < -0.3 is 9.47 Å². The molecule has 4 nitrogen and oxygen atoms in total. The summed E-state index contributed by atoms with van der Waals surface area (Å²) in [6.07, 6.45) is 0.982. The number of hydrogen-bond donors (Lipinski definition) is 0. The van der Waals surface area contributed by atoms with Gasteiger partial charge in [0.15, 0.2) is 11.6 Å². The number of nitrogens with zero attached hydrogens (tertiary/aromatic N) is 1. The second-order valence-electron chi connectivity index (χ2n) is 5.21. The van der Waals surface area contributed by atoms with Gasteiger partial charge in [0.1, 0.15) is 5.60 Å². The quantitative estimate of drug-likeness (QED) is 0.791. The fraction of sp³-hybridized carbons (Fsp3) is 0.357. The normalized spacial score (nSPS) is 11.6. The van der Waals surface area contributed by atoms with E-state index in [1.165, 1.54) is 23.9 Å². The molecular formula is C14H16FNO3. The van der Waals surface area contributed by atoms with Crippen molar-refractivity contribution in [3.8, 4) is 5.75 Å². The zero-order valence-electron chi connectivity index (χ0n) is 11.4. The Hall–Kier alpha value is -2.04. The Bertz CT molecular complexity index is 625. The maximum atomic E-state index is 14.0. The van der Waals surface area contributed by atoms with Crippen molar-refractivity contribution in [2.24, 2.45) is 0 Å². The number of carbonyl (C=O) groups excluding carboxylic acids is 1. The third-order valence-electron chi connectivity index (χ3n) is 2.53. The van der Waals surface area contributed by atoms with E-state index in [0.29, 0.717) is 10.9 Å². The molecule has 0 saturated carbocycles. The van der Waals surface area contributed by atoms with Crippen LogP contribution in [0.2, 0.25) is 0 Å². The van der Waals surface area contributed by atoms with Gasteiger partial charge in [0.05, 0.1) is 12.6 Å². The number of methoxy groups -OCH3 is 1. The summed E-state index contributed by atoms with van der Waals surface area (Å²) in [4.78, 5) is 11.5. The van der Waals surface area contributed by atoms with Gasteiger partial charge in [-0.05, 0) is 32.9 Å². The second kappa shape index (κ2) is 4.57. The Kier molecular flexibility index (Phi) is 3.22. The molecule has 1 heterocycles. The summed E-state index contributed by atoms with van der Waals surface area (Å²) in [5, 5.41) is 0.714. The average Bonchev–Trinajstić information content (AvgIpc) is 2.69. The van der Waals surface area contributed by atoms with Crippen molar-refractivity contribution in [3.63, 3.8) is 0 Å². The molecule has 0 unspecified atom stereocenters. The van der Waals surface area contributed by atoms with Crippen molar-refractivity contribution in [3.05, 3.63) is 30.2 Å². The zero-order chi connectivity index (χ0) is 14.2. The number of fused-ring (bicyclic) bond motifs is 1.